The predicted octanol–water partition coefficient (Wildman–Crippen LogP) is 4.62. The van der Waals surface area contributed by atoms with Crippen LogP contribution in [0.4, 0.5) is 5.69 Å². The molecule has 2 aromatic carbocycles. The van der Waals surface area contributed by atoms with E-state index in [2.05, 4.69) is 10.3 Å². The van der Waals surface area contributed by atoms with E-state index in [4.69, 9.17) is 11.6 Å². The van der Waals surface area contributed by atoms with Gasteiger partial charge in [-0.1, -0.05) is 53.7 Å². The number of thioether (sulfide) groups is 1. The molecule has 0 unspecified atom stereocenters. The van der Waals surface area contributed by atoms with Crippen molar-refractivity contribution >= 4 is 45.9 Å². The first-order valence-electron chi connectivity index (χ1n) is 6.75. The van der Waals surface area contributed by atoms with Crippen LogP contribution in [0.25, 0.3) is 10.9 Å². The van der Waals surface area contributed by atoms with E-state index in [0.717, 1.165) is 15.9 Å². The van der Waals surface area contributed by atoms with Crippen LogP contribution >= 0.6 is 23.4 Å². The van der Waals surface area contributed by atoms with Gasteiger partial charge in [0.2, 0.25) is 5.91 Å². The minimum Gasteiger partial charge on any atom is -0.325 e. The van der Waals surface area contributed by atoms with Crippen molar-refractivity contribution in [1.29, 1.82) is 0 Å². The van der Waals surface area contributed by atoms with Gasteiger partial charge in [-0.15, -0.1) is 0 Å². The highest BCUT2D eigenvalue weighted by atomic mass is 35.5. The summed E-state index contributed by atoms with van der Waals surface area (Å²) >= 11 is 7.30. The molecule has 1 N–H and O–H groups in total. The molecule has 1 aromatic heterocycles. The summed E-state index contributed by atoms with van der Waals surface area (Å²) in [6, 6.07) is 19.0. The molecule has 0 spiro atoms. The number of nitrogens with zero attached hydrogens (tertiary/aromatic N) is 1. The number of amides is 1. The van der Waals surface area contributed by atoms with Crippen LogP contribution < -0.4 is 5.32 Å². The van der Waals surface area contributed by atoms with Gasteiger partial charge in [0.05, 0.1) is 16.3 Å². The van der Waals surface area contributed by atoms with Crippen molar-refractivity contribution in [2.75, 3.05) is 11.1 Å². The van der Waals surface area contributed by atoms with E-state index in [1.165, 1.54) is 11.8 Å². The number of rotatable bonds is 4. The number of fused-ring (bicyclic) bond motifs is 1. The quantitative estimate of drug-likeness (QED) is 0.711. The number of para-hydroxylation sites is 1. The second-order valence-corrected chi connectivity index (χ2v) is 6.12. The summed E-state index contributed by atoms with van der Waals surface area (Å²) in [4.78, 5) is 16.5. The largest absolute Gasteiger partial charge is 0.325 e. The molecule has 0 saturated carbocycles. The zero-order valence-corrected chi connectivity index (χ0v) is 13.2. The smallest absolute Gasteiger partial charge is 0.234 e. The number of hydrogen-bond acceptors (Lipinski definition) is 3. The van der Waals surface area contributed by atoms with E-state index in [1.54, 1.807) is 18.2 Å². The Morgan fingerprint density at radius 2 is 1.95 bits per heavy atom. The summed E-state index contributed by atoms with van der Waals surface area (Å²) in [6.45, 7) is 0. The lowest BCUT2D eigenvalue weighted by Gasteiger charge is -2.06. The highest BCUT2D eigenvalue weighted by Crippen LogP contribution is 2.20. The number of halogens is 1. The first-order chi connectivity index (χ1) is 10.7. The van der Waals surface area contributed by atoms with Crippen LogP contribution in [0.3, 0.4) is 0 Å². The van der Waals surface area contributed by atoms with Gasteiger partial charge in [-0.05, 0) is 30.3 Å². The van der Waals surface area contributed by atoms with Crippen molar-refractivity contribution in [3.05, 3.63) is 65.7 Å². The molecule has 1 heterocycles. The molecule has 22 heavy (non-hydrogen) atoms. The molecule has 0 bridgehead atoms. The number of benzene rings is 2. The van der Waals surface area contributed by atoms with Gasteiger partial charge >= 0.3 is 0 Å². The lowest BCUT2D eigenvalue weighted by atomic mass is 10.2. The maximum absolute atomic E-state index is 12.0. The number of anilines is 1. The van der Waals surface area contributed by atoms with Gasteiger partial charge in [0.1, 0.15) is 0 Å². The molecule has 5 heteroatoms. The van der Waals surface area contributed by atoms with Crippen molar-refractivity contribution in [2.24, 2.45) is 0 Å². The van der Waals surface area contributed by atoms with Crippen LogP contribution in [-0.4, -0.2) is 16.6 Å². The Bertz CT molecular complexity index is 822. The maximum atomic E-state index is 12.0. The van der Waals surface area contributed by atoms with Crippen LogP contribution in [0.15, 0.2) is 65.7 Å². The Morgan fingerprint density at radius 3 is 2.82 bits per heavy atom. The van der Waals surface area contributed by atoms with Gasteiger partial charge in [0.15, 0.2) is 0 Å². The van der Waals surface area contributed by atoms with Crippen molar-refractivity contribution in [1.82, 2.24) is 4.98 Å². The second-order valence-electron chi connectivity index (χ2n) is 4.69. The molecule has 0 aliphatic heterocycles. The van der Waals surface area contributed by atoms with Crippen LogP contribution in [-0.2, 0) is 4.79 Å². The highest BCUT2D eigenvalue weighted by molar-refractivity contribution is 7.99. The van der Waals surface area contributed by atoms with Crippen LogP contribution in [0.5, 0.6) is 0 Å². The third-order valence-electron chi connectivity index (χ3n) is 3.03. The standard InChI is InChI=1S/C17H13ClN2OS/c18-13-5-3-6-14(10-13)19-16(21)11-22-17-9-8-12-4-1-2-7-15(12)20-17/h1-10H,11H2,(H,19,21). The molecular weight excluding hydrogens is 316 g/mol. The second kappa shape index (κ2) is 6.81. The minimum atomic E-state index is -0.0813. The van der Waals surface area contributed by atoms with Crippen molar-refractivity contribution < 1.29 is 4.79 Å². The molecule has 0 aliphatic rings. The number of carbonyl (C=O) groups excluding carboxylic acids is 1. The zero-order valence-electron chi connectivity index (χ0n) is 11.6. The number of pyridine rings is 1. The van der Waals surface area contributed by atoms with E-state index in [0.29, 0.717) is 16.5 Å². The number of hydrogen-bond donors (Lipinski definition) is 1. The number of nitrogens with one attached hydrogen (secondary N) is 1. The molecule has 0 atom stereocenters. The minimum absolute atomic E-state index is 0.0813. The average Bonchev–Trinajstić information content (AvgIpc) is 2.53. The summed E-state index contributed by atoms with van der Waals surface area (Å²) in [5, 5.41) is 5.34. The van der Waals surface area contributed by atoms with Gasteiger partial charge < -0.3 is 5.32 Å². The van der Waals surface area contributed by atoms with Gasteiger partial charge in [-0.3, -0.25) is 4.79 Å². The van der Waals surface area contributed by atoms with Crippen molar-refractivity contribution in [2.45, 2.75) is 5.03 Å². The number of carbonyl (C=O) groups is 1. The topological polar surface area (TPSA) is 42.0 Å². The summed E-state index contributed by atoms with van der Waals surface area (Å²) in [7, 11) is 0. The number of aromatic nitrogens is 1. The van der Waals surface area contributed by atoms with E-state index in [1.807, 2.05) is 42.5 Å². The Hall–Kier alpha value is -2.04. The first kappa shape index (κ1) is 14.9. The van der Waals surface area contributed by atoms with Gasteiger partial charge in [-0.2, -0.15) is 0 Å². The highest BCUT2D eigenvalue weighted by Gasteiger charge is 2.05. The molecule has 3 aromatic rings. The maximum Gasteiger partial charge on any atom is 0.234 e. The first-order valence-corrected chi connectivity index (χ1v) is 8.11. The third kappa shape index (κ3) is 3.78. The Labute approximate surface area is 137 Å². The lowest BCUT2D eigenvalue weighted by Crippen LogP contribution is -2.14. The summed E-state index contributed by atoms with van der Waals surface area (Å²) in [5.41, 5.74) is 1.63. The predicted molar refractivity (Wildman–Crippen MR) is 92.5 cm³/mol. The molecule has 1 amide bonds. The fourth-order valence-electron chi connectivity index (χ4n) is 2.03. The van der Waals surface area contributed by atoms with Gasteiger partial charge in [0.25, 0.3) is 0 Å². The van der Waals surface area contributed by atoms with Crippen molar-refractivity contribution in [3.8, 4) is 0 Å². The molecule has 0 saturated heterocycles. The fourth-order valence-corrected chi connectivity index (χ4v) is 2.90. The zero-order chi connectivity index (χ0) is 15.4. The Morgan fingerprint density at radius 1 is 1.09 bits per heavy atom. The monoisotopic (exact) mass is 328 g/mol. The Balaban J connectivity index is 1.62. The summed E-state index contributed by atoms with van der Waals surface area (Å²) < 4.78 is 0. The Kier molecular flexibility index (Phi) is 4.61. The molecule has 0 aliphatic carbocycles. The molecule has 110 valence electrons. The van der Waals surface area contributed by atoms with E-state index < -0.39 is 0 Å². The van der Waals surface area contributed by atoms with Gasteiger partial charge in [-0.25, -0.2) is 4.98 Å². The van der Waals surface area contributed by atoms with Crippen molar-refractivity contribution in [3.63, 3.8) is 0 Å². The SMILES string of the molecule is O=C(CSc1ccc2ccccc2n1)Nc1cccc(Cl)c1. The molecule has 0 fully saturated rings. The summed E-state index contributed by atoms with van der Waals surface area (Å²) in [5.74, 6) is 0.222. The van der Waals surface area contributed by atoms with E-state index in [-0.39, 0.29) is 5.91 Å². The summed E-state index contributed by atoms with van der Waals surface area (Å²) in [6.07, 6.45) is 0. The third-order valence-corrected chi connectivity index (χ3v) is 4.20. The fraction of sp³-hybridized carbons (Fsp3) is 0.0588. The van der Waals surface area contributed by atoms with E-state index in [9.17, 15) is 4.79 Å². The van der Waals surface area contributed by atoms with Crippen LogP contribution in [0.2, 0.25) is 5.02 Å². The molecular formula is C17H13ClN2OS. The van der Waals surface area contributed by atoms with E-state index >= 15 is 0 Å². The van der Waals surface area contributed by atoms with Crippen LogP contribution in [0, 0.1) is 0 Å². The van der Waals surface area contributed by atoms with Gasteiger partial charge in [0, 0.05) is 16.1 Å². The van der Waals surface area contributed by atoms with Crippen LogP contribution in [0.1, 0.15) is 0 Å². The average molecular weight is 329 g/mol. The molecule has 3 rings (SSSR count). The molecule has 3 nitrogen and oxygen atoms in total. The normalized spacial score (nSPS) is 10.6. The molecule has 0 radical (unpaired) electrons. The lowest BCUT2D eigenvalue weighted by molar-refractivity contribution is -0.113.